The summed E-state index contributed by atoms with van der Waals surface area (Å²) in [5.41, 5.74) is 4.04. The zero-order chi connectivity index (χ0) is 23.8. The van der Waals surface area contributed by atoms with Gasteiger partial charge in [0.2, 0.25) is 0 Å². The van der Waals surface area contributed by atoms with Crippen molar-refractivity contribution in [1.82, 2.24) is 10.2 Å². The smallest absolute Gasteiger partial charge is 0.252 e. The molecule has 0 radical (unpaired) electrons. The highest BCUT2D eigenvalue weighted by atomic mass is 19.1. The van der Waals surface area contributed by atoms with Gasteiger partial charge in [-0.25, -0.2) is 4.39 Å². The predicted molar refractivity (Wildman–Crippen MR) is 139 cm³/mol. The lowest BCUT2D eigenvalue weighted by Gasteiger charge is -2.39. The molecule has 4 aromatic rings. The molecule has 0 aliphatic carbocycles. The first-order chi connectivity index (χ1) is 17.1. The van der Waals surface area contributed by atoms with Gasteiger partial charge in [0.1, 0.15) is 5.82 Å². The molecule has 0 unspecified atom stereocenters. The van der Waals surface area contributed by atoms with E-state index in [1.54, 1.807) is 6.07 Å². The summed E-state index contributed by atoms with van der Waals surface area (Å²) in [5.74, 6) is -0.178. The van der Waals surface area contributed by atoms with Crippen molar-refractivity contribution >= 4 is 16.7 Å². The Morgan fingerprint density at radius 1 is 0.829 bits per heavy atom. The van der Waals surface area contributed by atoms with E-state index >= 15 is 0 Å². The van der Waals surface area contributed by atoms with Gasteiger partial charge < -0.3 is 5.32 Å². The van der Waals surface area contributed by atoms with E-state index in [0.717, 1.165) is 46.8 Å². The van der Waals surface area contributed by atoms with Crippen LogP contribution in [-0.2, 0) is 6.54 Å². The summed E-state index contributed by atoms with van der Waals surface area (Å²) in [6, 6.07) is 30.4. The number of hydrogen-bond acceptors (Lipinski definition) is 2. The Balaban J connectivity index is 1.14. The van der Waals surface area contributed by atoms with Crippen LogP contribution in [0.4, 0.5) is 4.39 Å². The van der Waals surface area contributed by atoms with E-state index in [0.29, 0.717) is 12.1 Å². The maximum Gasteiger partial charge on any atom is 0.252 e. The largest absolute Gasteiger partial charge is 0.349 e. The van der Waals surface area contributed by atoms with E-state index in [9.17, 15) is 9.18 Å². The molecule has 0 spiro atoms. The van der Waals surface area contributed by atoms with Crippen molar-refractivity contribution < 1.29 is 9.18 Å². The Morgan fingerprint density at radius 2 is 1.51 bits per heavy atom. The fourth-order valence-electron chi connectivity index (χ4n) is 6.04. The average Bonchev–Trinajstić information content (AvgIpc) is 3.11. The second-order valence-corrected chi connectivity index (χ2v) is 9.94. The molecule has 2 atom stereocenters. The van der Waals surface area contributed by atoms with Crippen molar-refractivity contribution in [2.45, 2.75) is 50.4 Å². The summed E-state index contributed by atoms with van der Waals surface area (Å²) >= 11 is 0. The fourth-order valence-corrected chi connectivity index (χ4v) is 6.04. The first kappa shape index (κ1) is 22.0. The Kier molecular flexibility index (Phi) is 5.83. The molecule has 2 bridgehead atoms. The molecule has 2 fully saturated rings. The Hall–Kier alpha value is -3.50. The number of nitrogens with one attached hydrogen (secondary N) is 1. The normalized spacial score (nSPS) is 21.8. The second-order valence-electron chi connectivity index (χ2n) is 9.94. The number of fused-ring (bicyclic) bond motifs is 3. The maximum atomic E-state index is 13.5. The van der Waals surface area contributed by atoms with Crippen LogP contribution in [0.5, 0.6) is 0 Å². The van der Waals surface area contributed by atoms with Gasteiger partial charge in [0.25, 0.3) is 5.91 Å². The van der Waals surface area contributed by atoms with Crippen LogP contribution in [0.2, 0.25) is 0 Å². The highest BCUT2D eigenvalue weighted by Gasteiger charge is 2.41. The van der Waals surface area contributed by atoms with Crippen molar-refractivity contribution in [1.29, 1.82) is 0 Å². The topological polar surface area (TPSA) is 32.3 Å². The summed E-state index contributed by atoms with van der Waals surface area (Å²) in [5, 5.41) is 5.38. The molecule has 176 valence electrons. The van der Waals surface area contributed by atoms with Gasteiger partial charge >= 0.3 is 0 Å². The van der Waals surface area contributed by atoms with Crippen molar-refractivity contribution in [3.05, 3.63) is 108 Å². The number of piperidine rings is 1. The Labute approximate surface area is 205 Å². The summed E-state index contributed by atoms with van der Waals surface area (Å²) in [6.45, 7) is 0.903. The van der Waals surface area contributed by atoms with E-state index in [-0.39, 0.29) is 17.8 Å². The fraction of sp³-hybridized carbons (Fsp3) is 0.258. The Morgan fingerprint density at radius 3 is 2.31 bits per heavy atom. The molecule has 2 saturated heterocycles. The minimum atomic E-state index is -0.196. The van der Waals surface area contributed by atoms with E-state index in [2.05, 4.69) is 22.3 Å². The van der Waals surface area contributed by atoms with Crippen LogP contribution in [0.15, 0.2) is 91.0 Å². The molecule has 2 heterocycles. The van der Waals surface area contributed by atoms with Crippen LogP contribution in [0, 0.1) is 5.82 Å². The minimum absolute atomic E-state index is 0.0177. The molecule has 2 aliphatic rings. The van der Waals surface area contributed by atoms with Gasteiger partial charge in [0.05, 0.1) is 0 Å². The number of amides is 1. The van der Waals surface area contributed by atoms with E-state index in [1.807, 2.05) is 66.7 Å². The van der Waals surface area contributed by atoms with Crippen LogP contribution in [0.3, 0.4) is 0 Å². The maximum absolute atomic E-state index is 13.5. The van der Waals surface area contributed by atoms with Gasteiger partial charge in [0, 0.05) is 30.2 Å². The molecular weight excluding hydrogens is 435 g/mol. The summed E-state index contributed by atoms with van der Waals surface area (Å²) in [7, 11) is 0. The SMILES string of the molecule is O=C(NC1C[C@@H]2CC[C@@H](C1)N2Cc1ccc2cc(F)ccc2c1)c1ccccc1-c1ccccc1. The molecule has 4 aromatic carbocycles. The standard InChI is InChI=1S/C31H29FN2O/c32-25-13-12-23-16-21(10-11-24(23)17-25)20-34-27-14-15-28(34)19-26(18-27)33-31(35)30-9-5-4-8-29(30)22-6-2-1-3-7-22/h1-13,16-17,26-28H,14-15,18-20H2,(H,33,35)/t27-,28-/m0/s1. The van der Waals surface area contributed by atoms with Crippen molar-refractivity contribution in [2.24, 2.45) is 0 Å². The third-order valence-electron chi connectivity index (χ3n) is 7.71. The lowest BCUT2D eigenvalue weighted by atomic mass is 9.94. The van der Waals surface area contributed by atoms with Crippen molar-refractivity contribution in [3.8, 4) is 11.1 Å². The molecule has 3 nitrogen and oxygen atoms in total. The molecule has 4 heteroatoms. The molecule has 1 N–H and O–H groups in total. The molecule has 0 saturated carbocycles. The zero-order valence-corrected chi connectivity index (χ0v) is 19.7. The zero-order valence-electron chi connectivity index (χ0n) is 19.7. The van der Waals surface area contributed by atoms with Gasteiger partial charge in [0.15, 0.2) is 0 Å². The minimum Gasteiger partial charge on any atom is -0.349 e. The van der Waals surface area contributed by atoms with Crippen LogP contribution in [0.25, 0.3) is 21.9 Å². The van der Waals surface area contributed by atoms with Gasteiger partial charge in [-0.2, -0.15) is 0 Å². The summed E-state index contributed by atoms with van der Waals surface area (Å²) in [4.78, 5) is 15.9. The van der Waals surface area contributed by atoms with Crippen LogP contribution >= 0.6 is 0 Å². The first-order valence-electron chi connectivity index (χ1n) is 12.5. The number of benzene rings is 4. The number of carbonyl (C=O) groups is 1. The second kappa shape index (κ2) is 9.27. The van der Waals surface area contributed by atoms with E-state index < -0.39 is 0 Å². The lowest BCUT2D eigenvalue weighted by molar-refractivity contribution is 0.0828. The van der Waals surface area contributed by atoms with Crippen molar-refractivity contribution in [2.75, 3.05) is 0 Å². The van der Waals surface area contributed by atoms with Gasteiger partial charge in [-0.05, 0) is 77.4 Å². The monoisotopic (exact) mass is 464 g/mol. The number of carbonyl (C=O) groups excluding carboxylic acids is 1. The van der Waals surface area contributed by atoms with E-state index in [1.165, 1.54) is 24.5 Å². The van der Waals surface area contributed by atoms with Crippen molar-refractivity contribution in [3.63, 3.8) is 0 Å². The number of halogens is 1. The number of hydrogen-bond donors (Lipinski definition) is 1. The highest BCUT2D eigenvalue weighted by Crippen LogP contribution is 2.37. The van der Waals surface area contributed by atoms with Crippen LogP contribution in [0.1, 0.15) is 41.6 Å². The molecule has 35 heavy (non-hydrogen) atoms. The quantitative estimate of drug-likeness (QED) is 0.362. The van der Waals surface area contributed by atoms with Crippen LogP contribution in [-0.4, -0.2) is 28.9 Å². The lowest BCUT2D eigenvalue weighted by Crippen LogP contribution is -2.50. The first-order valence-corrected chi connectivity index (χ1v) is 12.5. The molecule has 0 aromatic heterocycles. The molecule has 1 amide bonds. The van der Waals surface area contributed by atoms with Gasteiger partial charge in [-0.15, -0.1) is 0 Å². The summed E-state index contributed by atoms with van der Waals surface area (Å²) < 4.78 is 13.5. The number of rotatable bonds is 5. The average molecular weight is 465 g/mol. The van der Waals surface area contributed by atoms with E-state index in [4.69, 9.17) is 0 Å². The van der Waals surface area contributed by atoms with Gasteiger partial charge in [-0.1, -0.05) is 66.7 Å². The predicted octanol–water partition coefficient (Wildman–Crippen LogP) is 6.57. The number of nitrogens with zero attached hydrogens (tertiary/aromatic N) is 1. The van der Waals surface area contributed by atoms with Crippen LogP contribution < -0.4 is 5.32 Å². The Bertz CT molecular complexity index is 1360. The third-order valence-corrected chi connectivity index (χ3v) is 7.71. The third kappa shape index (κ3) is 4.46. The summed E-state index contributed by atoms with van der Waals surface area (Å²) in [6.07, 6.45) is 4.32. The molecule has 6 rings (SSSR count). The molecule has 2 aliphatic heterocycles. The highest BCUT2D eigenvalue weighted by molar-refractivity contribution is 6.01. The molecular formula is C31H29FN2O. The van der Waals surface area contributed by atoms with Gasteiger partial charge in [-0.3, -0.25) is 9.69 Å².